The van der Waals surface area contributed by atoms with Gasteiger partial charge < -0.3 is 14.7 Å². The van der Waals surface area contributed by atoms with E-state index >= 15 is 0 Å². The summed E-state index contributed by atoms with van der Waals surface area (Å²) in [5, 5.41) is 11.0. The Hall–Kier alpha value is -0.560. The minimum absolute atomic E-state index is 0.00888. The average Bonchev–Trinajstić information content (AvgIpc) is 2.87. The Labute approximate surface area is 116 Å². The van der Waals surface area contributed by atoms with Gasteiger partial charge in [0.05, 0.1) is 19.0 Å². The van der Waals surface area contributed by atoms with Gasteiger partial charge in [0.2, 0.25) is 5.91 Å². The van der Waals surface area contributed by atoms with E-state index in [-0.39, 0.29) is 12.5 Å². The van der Waals surface area contributed by atoms with Crippen molar-refractivity contribution in [2.45, 2.75) is 5.75 Å². The Morgan fingerprint density at radius 3 is 3.00 bits per heavy atom. The Morgan fingerprint density at radius 2 is 2.39 bits per heavy atom. The first-order valence-electron chi connectivity index (χ1n) is 5.75. The molecule has 0 saturated carbocycles. The highest BCUT2D eigenvalue weighted by Crippen LogP contribution is 2.17. The molecule has 1 aromatic heterocycles. The number of thiophene rings is 1. The summed E-state index contributed by atoms with van der Waals surface area (Å²) in [6.07, 6.45) is 0. The summed E-state index contributed by atoms with van der Waals surface area (Å²) in [5.41, 5.74) is 0. The molecule has 0 aliphatic heterocycles. The second kappa shape index (κ2) is 9.38. The number of aliphatic hydroxyl groups is 1. The van der Waals surface area contributed by atoms with Crippen LogP contribution >= 0.6 is 23.1 Å². The highest BCUT2D eigenvalue weighted by Gasteiger charge is 2.12. The first-order valence-corrected chi connectivity index (χ1v) is 7.79. The highest BCUT2D eigenvalue weighted by atomic mass is 32.2. The van der Waals surface area contributed by atoms with Gasteiger partial charge in [-0.05, 0) is 11.4 Å². The number of hydrogen-bond donors (Lipinski definition) is 1. The lowest BCUT2D eigenvalue weighted by Crippen LogP contribution is -2.37. The minimum atomic E-state index is -0.00888. The van der Waals surface area contributed by atoms with Crippen molar-refractivity contribution < 1.29 is 14.6 Å². The number of ether oxygens (including phenoxy) is 1. The molecule has 18 heavy (non-hydrogen) atoms. The van der Waals surface area contributed by atoms with Crippen LogP contribution in [0, 0.1) is 0 Å². The zero-order chi connectivity index (χ0) is 13.2. The van der Waals surface area contributed by atoms with Crippen molar-refractivity contribution in [2.75, 3.05) is 39.2 Å². The Morgan fingerprint density at radius 1 is 1.56 bits per heavy atom. The van der Waals surface area contributed by atoms with Crippen molar-refractivity contribution in [3.05, 3.63) is 22.4 Å². The van der Waals surface area contributed by atoms with Crippen LogP contribution in [0.2, 0.25) is 0 Å². The predicted molar refractivity (Wildman–Crippen MR) is 76.0 cm³/mol. The molecule has 1 rings (SSSR count). The average molecular weight is 289 g/mol. The van der Waals surface area contributed by atoms with Crippen molar-refractivity contribution in [3.63, 3.8) is 0 Å². The third kappa shape index (κ3) is 5.86. The number of carbonyl (C=O) groups is 1. The molecule has 0 aromatic carbocycles. The van der Waals surface area contributed by atoms with Crippen LogP contribution in [0.5, 0.6) is 0 Å². The lowest BCUT2D eigenvalue weighted by Gasteiger charge is -2.21. The zero-order valence-electron chi connectivity index (χ0n) is 10.5. The predicted octanol–water partition coefficient (Wildman–Crippen LogP) is 1.45. The fraction of sp³-hybridized carbons (Fsp3) is 0.583. The van der Waals surface area contributed by atoms with Crippen LogP contribution in [0.1, 0.15) is 4.88 Å². The molecule has 1 aromatic rings. The van der Waals surface area contributed by atoms with E-state index < -0.39 is 0 Å². The molecule has 0 aliphatic rings. The summed E-state index contributed by atoms with van der Waals surface area (Å²) in [6, 6.07) is 4.08. The lowest BCUT2D eigenvalue weighted by molar-refractivity contribution is -0.129. The molecule has 0 saturated heterocycles. The van der Waals surface area contributed by atoms with E-state index in [1.165, 1.54) is 4.88 Å². The fourth-order valence-electron chi connectivity index (χ4n) is 1.41. The van der Waals surface area contributed by atoms with Crippen molar-refractivity contribution in [2.24, 2.45) is 0 Å². The largest absolute Gasteiger partial charge is 0.395 e. The van der Waals surface area contributed by atoms with E-state index in [2.05, 4.69) is 6.07 Å². The molecule has 0 bridgehead atoms. The minimum Gasteiger partial charge on any atom is -0.395 e. The first-order chi connectivity index (χ1) is 8.77. The van der Waals surface area contributed by atoms with Gasteiger partial charge in [-0.2, -0.15) is 0 Å². The van der Waals surface area contributed by atoms with Crippen LogP contribution in [0.3, 0.4) is 0 Å². The SMILES string of the molecule is COCCN(CCO)C(=O)CSCc1cccs1. The van der Waals surface area contributed by atoms with Gasteiger partial charge in [0.15, 0.2) is 0 Å². The van der Waals surface area contributed by atoms with Crippen molar-refractivity contribution >= 4 is 29.0 Å². The van der Waals surface area contributed by atoms with Crippen molar-refractivity contribution in [1.29, 1.82) is 0 Å². The Bertz CT molecular complexity index is 330. The van der Waals surface area contributed by atoms with E-state index in [1.807, 2.05) is 11.4 Å². The van der Waals surface area contributed by atoms with Gasteiger partial charge in [-0.25, -0.2) is 0 Å². The maximum atomic E-state index is 11.9. The van der Waals surface area contributed by atoms with Gasteiger partial charge in [-0.1, -0.05) is 6.07 Å². The molecule has 4 nitrogen and oxygen atoms in total. The molecule has 6 heteroatoms. The van der Waals surface area contributed by atoms with E-state index in [0.29, 0.717) is 25.4 Å². The molecular weight excluding hydrogens is 270 g/mol. The van der Waals surface area contributed by atoms with Gasteiger partial charge in [0.1, 0.15) is 0 Å². The second-order valence-electron chi connectivity index (χ2n) is 3.67. The number of thioether (sulfide) groups is 1. The topological polar surface area (TPSA) is 49.8 Å². The van der Waals surface area contributed by atoms with Crippen LogP contribution < -0.4 is 0 Å². The molecule has 0 atom stereocenters. The van der Waals surface area contributed by atoms with E-state index in [1.54, 1.807) is 35.1 Å². The summed E-state index contributed by atoms with van der Waals surface area (Å²) >= 11 is 3.30. The number of nitrogens with zero attached hydrogens (tertiary/aromatic N) is 1. The maximum Gasteiger partial charge on any atom is 0.232 e. The summed E-state index contributed by atoms with van der Waals surface area (Å²) in [7, 11) is 1.60. The van der Waals surface area contributed by atoms with E-state index in [9.17, 15) is 4.79 Å². The van der Waals surface area contributed by atoms with Crippen molar-refractivity contribution in [3.8, 4) is 0 Å². The van der Waals surface area contributed by atoms with Gasteiger partial charge in [-0.3, -0.25) is 4.79 Å². The summed E-state index contributed by atoms with van der Waals surface area (Å²) in [5.74, 6) is 1.37. The van der Waals surface area contributed by atoms with E-state index in [0.717, 1.165) is 5.75 Å². The van der Waals surface area contributed by atoms with Crippen LogP contribution in [0.25, 0.3) is 0 Å². The molecule has 1 N–H and O–H groups in total. The van der Waals surface area contributed by atoms with Gasteiger partial charge >= 0.3 is 0 Å². The molecule has 0 aliphatic carbocycles. The van der Waals surface area contributed by atoms with Crippen molar-refractivity contribution in [1.82, 2.24) is 4.90 Å². The maximum absolute atomic E-state index is 11.9. The summed E-state index contributed by atoms with van der Waals surface area (Å²) in [4.78, 5) is 14.8. The smallest absolute Gasteiger partial charge is 0.232 e. The molecule has 0 unspecified atom stereocenters. The highest BCUT2D eigenvalue weighted by molar-refractivity contribution is 7.99. The number of amides is 1. The number of methoxy groups -OCH3 is 1. The Kier molecular flexibility index (Phi) is 8.08. The first kappa shape index (κ1) is 15.5. The molecule has 0 fully saturated rings. The number of carbonyl (C=O) groups excluding carboxylic acids is 1. The van der Waals surface area contributed by atoms with Crippen LogP contribution in [0.4, 0.5) is 0 Å². The Balaban J connectivity index is 2.27. The fourth-order valence-corrected chi connectivity index (χ4v) is 3.18. The standard InChI is InChI=1S/C12H19NO3S2/c1-16-7-5-13(4-6-14)12(15)10-17-9-11-3-2-8-18-11/h2-3,8,14H,4-7,9-10H2,1H3. The third-order valence-electron chi connectivity index (χ3n) is 2.34. The van der Waals surface area contributed by atoms with Crippen LogP contribution in [-0.2, 0) is 15.3 Å². The third-order valence-corrected chi connectivity index (χ3v) is 4.36. The summed E-state index contributed by atoms with van der Waals surface area (Å²) < 4.78 is 4.95. The van der Waals surface area contributed by atoms with Crippen LogP contribution in [-0.4, -0.2) is 55.1 Å². The number of hydrogen-bond acceptors (Lipinski definition) is 5. The van der Waals surface area contributed by atoms with Gasteiger partial charge in [0, 0.05) is 30.8 Å². The number of rotatable bonds is 9. The normalized spacial score (nSPS) is 10.6. The zero-order valence-corrected chi connectivity index (χ0v) is 12.1. The number of aliphatic hydroxyl groups excluding tert-OH is 1. The second-order valence-corrected chi connectivity index (χ2v) is 5.69. The monoisotopic (exact) mass is 289 g/mol. The van der Waals surface area contributed by atoms with Gasteiger partial charge in [0.25, 0.3) is 0 Å². The lowest BCUT2D eigenvalue weighted by atomic mass is 10.4. The molecular formula is C12H19NO3S2. The summed E-state index contributed by atoms with van der Waals surface area (Å²) in [6.45, 7) is 1.41. The molecule has 0 radical (unpaired) electrons. The van der Waals surface area contributed by atoms with Gasteiger partial charge in [-0.15, -0.1) is 23.1 Å². The molecule has 1 heterocycles. The molecule has 1 amide bonds. The molecule has 0 spiro atoms. The quantitative estimate of drug-likeness (QED) is 0.747. The van der Waals surface area contributed by atoms with E-state index in [4.69, 9.17) is 9.84 Å². The van der Waals surface area contributed by atoms with Crippen LogP contribution in [0.15, 0.2) is 17.5 Å². The molecule has 102 valence electrons.